The lowest BCUT2D eigenvalue weighted by Gasteiger charge is -2.14. The van der Waals surface area contributed by atoms with Crippen LogP contribution in [0.5, 0.6) is 11.5 Å². The number of carbonyl (C=O) groups is 1. The molecule has 1 atom stereocenters. The second kappa shape index (κ2) is 6.16. The maximum Gasteiger partial charge on any atom is 0.225 e. The number of hydrogen-bond donors (Lipinski definition) is 2. The number of methoxy groups -OCH3 is 1. The van der Waals surface area contributed by atoms with Gasteiger partial charge in [0, 0.05) is 17.0 Å². The molecule has 3 aromatic rings. The molecule has 0 fully saturated rings. The second-order valence-corrected chi connectivity index (χ2v) is 6.30. The molecule has 0 saturated carbocycles. The maximum absolute atomic E-state index is 12.5. The van der Waals surface area contributed by atoms with Crippen LogP contribution in [0.1, 0.15) is 29.2 Å². The van der Waals surface area contributed by atoms with E-state index in [1.807, 2.05) is 30.3 Å². The van der Waals surface area contributed by atoms with Gasteiger partial charge in [0.05, 0.1) is 25.8 Å². The summed E-state index contributed by atoms with van der Waals surface area (Å²) in [5.74, 6) is 0.976. The predicted octanol–water partition coefficient (Wildman–Crippen LogP) is 3.49. The van der Waals surface area contributed by atoms with Crippen LogP contribution in [0.25, 0.3) is 11.0 Å². The Hall–Kier alpha value is -2.95. The summed E-state index contributed by atoms with van der Waals surface area (Å²) in [6.07, 6.45) is 3.46. The lowest BCUT2D eigenvalue weighted by Crippen LogP contribution is -2.28. The molecule has 1 aromatic heterocycles. The Morgan fingerprint density at radius 2 is 2.24 bits per heavy atom. The van der Waals surface area contributed by atoms with Crippen LogP contribution in [0.2, 0.25) is 0 Å². The number of nitrogens with one attached hydrogen (secondary N) is 1. The molecular formula is C20H19NO4. The molecule has 4 rings (SSSR count). The first-order chi connectivity index (χ1) is 12.2. The third-order valence-corrected chi connectivity index (χ3v) is 4.80. The first-order valence-electron chi connectivity index (χ1n) is 8.30. The van der Waals surface area contributed by atoms with E-state index < -0.39 is 0 Å². The lowest BCUT2D eigenvalue weighted by atomic mass is 10.1. The highest BCUT2D eigenvalue weighted by Crippen LogP contribution is 2.36. The number of furan rings is 1. The number of benzene rings is 2. The molecule has 0 unspecified atom stereocenters. The molecule has 5 heteroatoms. The van der Waals surface area contributed by atoms with Gasteiger partial charge in [0.25, 0.3) is 0 Å². The first kappa shape index (κ1) is 15.6. The van der Waals surface area contributed by atoms with Gasteiger partial charge in [-0.3, -0.25) is 4.79 Å². The zero-order valence-electron chi connectivity index (χ0n) is 13.9. The Morgan fingerprint density at radius 1 is 1.36 bits per heavy atom. The van der Waals surface area contributed by atoms with Crippen LogP contribution in [0.4, 0.5) is 0 Å². The average Bonchev–Trinajstić information content (AvgIpc) is 3.20. The summed E-state index contributed by atoms with van der Waals surface area (Å²) < 4.78 is 10.7. The van der Waals surface area contributed by atoms with Crippen molar-refractivity contribution in [2.24, 2.45) is 0 Å². The van der Waals surface area contributed by atoms with Gasteiger partial charge in [-0.2, -0.15) is 0 Å². The summed E-state index contributed by atoms with van der Waals surface area (Å²) in [5.41, 5.74) is 3.51. The second-order valence-electron chi connectivity index (χ2n) is 6.30. The van der Waals surface area contributed by atoms with Crippen molar-refractivity contribution in [3.63, 3.8) is 0 Å². The third-order valence-electron chi connectivity index (χ3n) is 4.80. The Labute approximate surface area is 145 Å². The highest BCUT2D eigenvalue weighted by atomic mass is 16.5. The van der Waals surface area contributed by atoms with E-state index in [4.69, 9.17) is 9.15 Å². The maximum atomic E-state index is 12.5. The van der Waals surface area contributed by atoms with Gasteiger partial charge in [-0.25, -0.2) is 0 Å². The zero-order valence-corrected chi connectivity index (χ0v) is 13.9. The molecule has 1 amide bonds. The number of amides is 1. The summed E-state index contributed by atoms with van der Waals surface area (Å²) in [7, 11) is 1.61. The fourth-order valence-electron chi connectivity index (χ4n) is 3.53. The number of ether oxygens (including phenoxy) is 1. The summed E-state index contributed by atoms with van der Waals surface area (Å²) in [6, 6.07) is 11.0. The number of phenols is 1. The molecule has 1 aliphatic rings. The van der Waals surface area contributed by atoms with Crippen LogP contribution >= 0.6 is 0 Å². The Kier molecular flexibility index (Phi) is 3.84. The highest BCUT2D eigenvalue weighted by Gasteiger charge is 2.26. The quantitative estimate of drug-likeness (QED) is 0.764. The van der Waals surface area contributed by atoms with Crippen molar-refractivity contribution in [3.05, 3.63) is 59.4 Å². The third kappa shape index (κ3) is 2.82. The number of fused-ring (bicyclic) bond motifs is 2. The predicted molar refractivity (Wildman–Crippen MR) is 93.8 cm³/mol. The smallest absolute Gasteiger partial charge is 0.225 e. The van der Waals surface area contributed by atoms with Crippen LogP contribution in [0.15, 0.2) is 47.1 Å². The van der Waals surface area contributed by atoms with E-state index >= 15 is 0 Å². The number of aromatic hydroxyl groups is 1. The van der Waals surface area contributed by atoms with E-state index in [0.29, 0.717) is 11.3 Å². The molecular weight excluding hydrogens is 318 g/mol. The molecule has 1 aliphatic carbocycles. The normalized spacial score (nSPS) is 16.0. The van der Waals surface area contributed by atoms with E-state index in [1.54, 1.807) is 19.4 Å². The molecule has 0 aliphatic heterocycles. The molecule has 0 saturated heterocycles. The van der Waals surface area contributed by atoms with E-state index in [2.05, 4.69) is 5.32 Å². The standard InChI is InChI=1S/C20H19NO4/c1-24-13-5-6-14-12(11-25-19(14)10-13)9-20(23)21-17-8-7-16-15(17)3-2-4-18(16)22/h2-6,10-11,17,22H,7-9H2,1H3,(H,21,23)/t17-/m0/s1. The largest absolute Gasteiger partial charge is 0.508 e. The Morgan fingerprint density at radius 3 is 3.08 bits per heavy atom. The number of carbonyl (C=O) groups excluding carboxylic acids is 1. The van der Waals surface area contributed by atoms with Crippen LogP contribution in [0, 0.1) is 0 Å². The molecule has 128 valence electrons. The van der Waals surface area contributed by atoms with Crippen molar-refractivity contribution >= 4 is 16.9 Å². The van der Waals surface area contributed by atoms with E-state index in [1.165, 1.54) is 0 Å². The van der Waals surface area contributed by atoms with Crippen LogP contribution in [-0.2, 0) is 17.6 Å². The molecule has 5 nitrogen and oxygen atoms in total. The number of hydrogen-bond acceptors (Lipinski definition) is 4. The van der Waals surface area contributed by atoms with E-state index in [-0.39, 0.29) is 18.4 Å². The minimum Gasteiger partial charge on any atom is -0.508 e. The number of phenolic OH excluding ortho intramolecular Hbond substituents is 1. The highest BCUT2D eigenvalue weighted by molar-refractivity contribution is 5.88. The van der Waals surface area contributed by atoms with Crippen molar-refractivity contribution in [2.75, 3.05) is 7.11 Å². The topological polar surface area (TPSA) is 71.7 Å². The minimum atomic E-state index is -0.0558. The fraction of sp³-hybridized carbons (Fsp3) is 0.250. The van der Waals surface area contributed by atoms with Gasteiger partial charge in [-0.15, -0.1) is 0 Å². The Bertz CT molecular complexity index is 944. The van der Waals surface area contributed by atoms with Crippen LogP contribution in [0.3, 0.4) is 0 Å². The molecule has 0 spiro atoms. The van der Waals surface area contributed by atoms with Gasteiger partial charge < -0.3 is 19.6 Å². The number of rotatable bonds is 4. The first-order valence-corrected chi connectivity index (χ1v) is 8.30. The monoisotopic (exact) mass is 337 g/mol. The van der Waals surface area contributed by atoms with Crippen molar-refractivity contribution in [1.29, 1.82) is 0 Å². The fourth-order valence-corrected chi connectivity index (χ4v) is 3.53. The molecule has 1 heterocycles. The van der Waals surface area contributed by atoms with E-state index in [0.717, 1.165) is 40.7 Å². The van der Waals surface area contributed by atoms with Gasteiger partial charge in [0.1, 0.15) is 17.1 Å². The molecule has 2 N–H and O–H groups in total. The van der Waals surface area contributed by atoms with Gasteiger partial charge >= 0.3 is 0 Å². The molecule has 0 bridgehead atoms. The van der Waals surface area contributed by atoms with Gasteiger partial charge in [-0.05, 0) is 42.2 Å². The van der Waals surface area contributed by atoms with Gasteiger partial charge in [0.15, 0.2) is 0 Å². The summed E-state index contributed by atoms with van der Waals surface area (Å²) in [4.78, 5) is 12.5. The Balaban J connectivity index is 1.50. The minimum absolute atomic E-state index is 0.0483. The van der Waals surface area contributed by atoms with Gasteiger partial charge in [-0.1, -0.05) is 12.1 Å². The average molecular weight is 337 g/mol. The molecule has 2 aromatic carbocycles. The van der Waals surface area contributed by atoms with Gasteiger partial charge in [0.2, 0.25) is 5.91 Å². The van der Waals surface area contributed by atoms with Crippen LogP contribution < -0.4 is 10.1 Å². The summed E-state index contributed by atoms with van der Waals surface area (Å²) >= 11 is 0. The van der Waals surface area contributed by atoms with Crippen molar-refractivity contribution in [3.8, 4) is 11.5 Å². The summed E-state index contributed by atoms with van der Waals surface area (Å²) in [6.45, 7) is 0. The zero-order chi connectivity index (χ0) is 17.4. The van der Waals surface area contributed by atoms with Crippen molar-refractivity contribution in [2.45, 2.75) is 25.3 Å². The molecule has 25 heavy (non-hydrogen) atoms. The van der Waals surface area contributed by atoms with Crippen LogP contribution in [-0.4, -0.2) is 18.1 Å². The SMILES string of the molecule is COc1ccc2c(CC(=O)N[C@H]3CCc4c(O)cccc43)coc2c1. The van der Waals surface area contributed by atoms with Crippen molar-refractivity contribution in [1.82, 2.24) is 5.32 Å². The van der Waals surface area contributed by atoms with Crippen molar-refractivity contribution < 1.29 is 19.1 Å². The summed E-state index contributed by atoms with van der Waals surface area (Å²) in [5, 5.41) is 13.9. The molecule has 0 radical (unpaired) electrons. The van der Waals surface area contributed by atoms with E-state index in [9.17, 15) is 9.90 Å². The lowest BCUT2D eigenvalue weighted by molar-refractivity contribution is -0.121.